The molecule has 0 saturated carbocycles. The van der Waals surface area contributed by atoms with Crippen LogP contribution in [-0.4, -0.2) is 0 Å². The Morgan fingerprint density at radius 1 is 0.375 bits per heavy atom. The first-order valence-electron chi connectivity index (χ1n) is 16.4. The third kappa shape index (κ3) is 4.83. The second kappa shape index (κ2) is 11.8. The fraction of sp³-hybridized carbons (Fsp3) is 0. The van der Waals surface area contributed by atoms with Gasteiger partial charge in [-0.2, -0.15) is 0 Å². The third-order valence-corrected chi connectivity index (χ3v) is 9.23. The van der Waals surface area contributed by atoms with Gasteiger partial charge in [-0.05, 0) is 81.7 Å². The van der Waals surface area contributed by atoms with Crippen LogP contribution in [0.2, 0.25) is 0 Å². The van der Waals surface area contributed by atoms with Gasteiger partial charge in [0.15, 0.2) is 0 Å². The minimum atomic E-state index is 0.886. The van der Waals surface area contributed by atoms with E-state index in [9.17, 15) is 0 Å². The van der Waals surface area contributed by atoms with E-state index in [4.69, 9.17) is 4.42 Å². The van der Waals surface area contributed by atoms with E-state index in [2.05, 4.69) is 193 Å². The van der Waals surface area contributed by atoms with Crippen molar-refractivity contribution in [3.05, 3.63) is 188 Å². The number of hydrogen-bond acceptors (Lipinski definition) is 2. The number of hydrogen-bond donors (Lipinski definition) is 0. The van der Waals surface area contributed by atoms with Crippen LogP contribution in [0.4, 0.5) is 17.1 Å². The highest BCUT2D eigenvalue weighted by Crippen LogP contribution is 2.46. The number of benzene rings is 8. The molecule has 0 N–H and O–H groups in total. The molecular formula is C46H31NO. The van der Waals surface area contributed by atoms with Gasteiger partial charge in [0.25, 0.3) is 0 Å². The van der Waals surface area contributed by atoms with Crippen molar-refractivity contribution in [2.45, 2.75) is 0 Å². The van der Waals surface area contributed by atoms with Crippen LogP contribution in [0.1, 0.15) is 0 Å². The average Bonchev–Trinajstić information content (AvgIpc) is 3.56. The zero-order chi connectivity index (χ0) is 31.9. The Hall–Kier alpha value is -6.38. The smallest absolute Gasteiger partial charge is 0.143 e. The van der Waals surface area contributed by atoms with Crippen molar-refractivity contribution in [1.29, 1.82) is 0 Å². The van der Waals surface area contributed by atoms with Crippen LogP contribution in [0.5, 0.6) is 0 Å². The van der Waals surface area contributed by atoms with Crippen LogP contribution < -0.4 is 4.90 Å². The maximum Gasteiger partial charge on any atom is 0.143 e. The van der Waals surface area contributed by atoms with Crippen LogP contribution in [0.25, 0.3) is 66.1 Å². The lowest BCUT2D eigenvalue weighted by Crippen LogP contribution is -2.11. The van der Waals surface area contributed by atoms with E-state index in [1.165, 1.54) is 27.6 Å². The lowest BCUT2D eigenvalue weighted by molar-refractivity contribution is 0.673. The summed E-state index contributed by atoms with van der Waals surface area (Å²) in [6, 6.07) is 66.9. The average molecular weight is 614 g/mol. The Kier molecular flexibility index (Phi) is 6.84. The molecule has 2 nitrogen and oxygen atoms in total. The molecule has 8 aromatic carbocycles. The topological polar surface area (TPSA) is 16.4 Å². The van der Waals surface area contributed by atoms with Crippen molar-refractivity contribution in [2.75, 3.05) is 4.90 Å². The molecule has 0 aliphatic heterocycles. The molecule has 0 saturated heterocycles. The minimum absolute atomic E-state index is 0.886. The van der Waals surface area contributed by atoms with E-state index in [1.54, 1.807) is 0 Å². The number of furan rings is 1. The van der Waals surface area contributed by atoms with Crippen molar-refractivity contribution in [3.63, 3.8) is 0 Å². The fourth-order valence-corrected chi connectivity index (χ4v) is 7.01. The second-order valence-corrected chi connectivity index (χ2v) is 12.1. The molecule has 0 atom stereocenters. The molecule has 0 bridgehead atoms. The van der Waals surface area contributed by atoms with E-state index < -0.39 is 0 Å². The lowest BCUT2D eigenvalue weighted by atomic mass is 9.95. The Morgan fingerprint density at radius 3 is 1.71 bits per heavy atom. The largest absolute Gasteiger partial charge is 0.455 e. The molecular weight excluding hydrogens is 583 g/mol. The van der Waals surface area contributed by atoms with Crippen molar-refractivity contribution < 1.29 is 4.42 Å². The summed E-state index contributed by atoms with van der Waals surface area (Å²) >= 11 is 0. The molecule has 0 aliphatic carbocycles. The second-order valence-electron chi connectivity index (χ2n) is 12.1. The zero-order valence-electron chi connectivity index (χ0n) is 26.3. The normalized spacial score (nSPS) is 11.3. The first-order valence-corrected chi connectivity index (χ1v) is 16.4. The van der Waals surface area contributed by atoms with E-state index in [0.717, 1.165) is 55.5 Å². The standard InChI is InChI=1S/C46H31NO/c1-4-15-32(16-5-1)35-29-36(33-17-6-2-7-18-33)31-38(30-35)47(37-20-8-3-9-21-37)43-25-13-12-23-40(43)41-24-14-26-44-45(41)42-28-27-34-19-10-11-22-39(34)46(42)48-44/h1-31H. The Bertz CT molecular complexity index is 2490. The van der Waals surface area contributed by atoms with Gasteiger partial charge in [-0.3, -0.25) is 0 Å². The van der Waals surface area contributed by atoms with Crippen LogP contribution in [0, 0.1) is 0 Å². The fourth-order valence-electron chi connectivity index (χ4n) is 7.01. The predicted octanol–water partition coefficient (Wildman–Crippen LogP) is 13.2. The molecule has 0 fully saturated rings. The summed E-state index contributed by atoms with van der Waals surface area (Å²) < 4.78 is 6.61. The van der Waals surface area contributed by atoms with Crippen LogP contribution in [0.3, 0.4) is 0 Å². The number of anilines is 3. The SMILES string of the molecule is c1ccc(-c2cc(-c3ccccc3)cc(N(c3ccccc3)c3ccccc3-c3cccc4oc5c6ccccc6ccc5c34)c2)cc1. The molecule has 9 aromatic rings. The molecule has 1 aromatic heterocycles. The maximum atomic E-state index is 6.61. The monoisotopic (exact) mass is 613 g/mol. The van der Waals surface area contributed by atoms with E-state index in [0.29, 0.717) is 0 Å². The van der Waals surface area contributed by atoms with Gasteiger partial charge < -0.3 is 9.32 Å². The maximum absolute atomic E-state index is 6.61. The predicted molar refractivity (Wildman–Crippen MR) is 202 cm³/mol. The Labute approximate surface area is 279 Å². The molecule has 226 valence electrons. The molecule has 2 heteroatoms. The highest BCUT2D eigenvalue weighted by atomic mass is 16.3. The number of nitrogens with zero attached hydrogens (tertiary/aromatic N) is 1. The summed E-state index contributed by atoms with van der Waals surface area (Å²) in [6.07, 6.45) is 0. The van der Waals surface area contributed by atoms with Crippen molar-refractivity contribution >= 4 is 49.8 Å². The van der Waals surface area contributed by atoms with E-state index in [1.807, 2.05) is 0 Å². The van der Waals surface area contributed by atoms with Crippen molar-refractivity contribution in [1.82, 2.24) is 0 Å². The first-order chi connectivity index (χ1) is 23.8. The molecule has 0 spiro atoms. The molecule has 0 amide bonds. The van der Waals surface area contributed by atoms with E-state index >= 15 is 0 Å². The molecule has 0 unspecified atom stereocenters. The van der Waals surface area contributed by atoms with E-state index in [-0.39, 0.29) is 0 Å². The lowest BCUT2D eigenvalue weighted by Gasteiger charge is -2.29. The van der Waals surface area contributed by atoms with Gasteiger partial charge in [0.05, 0.1) is 5.69 Å². The van der Waals surface area contributed by atoms with Gasteiger partial charge in [0.2, 0.25) is 0 Å². The van der Waals surface area contributed by atoms with Gasteiger partial charge in [0.1, 0.15) is 11.2 Å². The van der Waals surface area contributed by atoms with Crippen LogP contribution >= 0.6 is 0 Å². The Balaban J connectivity index is 1.31. The summed E-state index contributed by atoms with van der Waals surface area (Å²) in [5.74, 6) is 0. The molecule has 1 heterocycles. The highest BCUT2D eigenvalue weighted by Gasteiger charge is 2.21. The Morgan fingerprint density at radius 2 is 0.979 bits per heavy atom. The summed E-state index contributed by atoms with van der Waals surface area (Å²) in [5, 5.41) is 4.55. The van der Waals surface area contributed by atoms with Crippen molar-refractivity contribution in [3.8, 4) is 33.4 Å². The molecule has 48 heavy (non-hydrogen) atoms. The quantitative estimate of drug-likeness (QED) is 0.185. The van der Waals surface area contributed by atoms with Gasteiger partial charge in [-0.1, -0.05) is 140 Å². The highest BCUT2D eigenvalue weighted by molar-refractivity contribution is 6.19. The van der Waals surface area contributed by atoms with Gasteiger partial charge >= 0.3 is 0 Å². The summed E-state index contributed by atoms with van der Waals surface area (Å²) in [6.45, 7) is 0. The summed E-state index contributed by atoms with van der Waals surface area (Å²) in [7, 11) is 0. The molecule has 0 radical (unpaired) electrons. The zero-order valence-corrected chi connectivity index (χ0v) is 26.3. The summed E-state index contributed by atoms with van der Waals surface area (Å²) in [4.78, 5) is 2.39. The van der Waals surface area contributed by atoms with Crippen LogP contribution in [0.15, 0.2) is 192 Å². The van der Waals surface area contributed by atoms with Gasteiger partial charge in [-0.25, -0.2) is 0 Å². The van der Waals surface area contributed by atoms with Gasteiger partial charge in [0, 0.05) is 33.1 Å². The first kappa shape index (κ1) is 27.9. The number of para-hydroxylation sites is 2. The number of fused-ring (bicyclic) bond motifs is 5. The minimum Gasteiger partial charge on any atom is -0.455 e. The van der Waals surface area contributed by atoms with Crippen molar-refractivity contribution in [2.24, 2.45) is 0 Å². The van der Waals surface area contributed by atoms with Gasteiger partial charge in [-0.15, -0.1) is 0 Å². The summed E-state index contributed by atoms with van der Waals surface area (Å²) in [5.41, 5.74) is 12.0. The third-order valence-electron chi connectivity index (χ3n) is 9.23. The molecule has 9 rings (SSSR count). The number of rotatable bonds is 6. The molecule has 0 aliphatic rings. The van der Waals surface area contributed by atoms with Crippen LogP contribution in [-0.2, 0) is 0 Å².